The van der Waals surface area contributed by atoms with Gasteiger partial charge in [0.2, 0.25) is 0 Å². The molecule has 0 fully saturated rings. The molecule has 62 valence electrons. The van der Waals surface area contributed by atoms with E-state index in [2.05, 4.69) is 29.8 Å². The molecular weight excluding hydrogens is 188 g/mol. The Bertz CT molecular complexity index is 61.7. The van der Waals surface area contributed by atoms with Crippen molar-refractivity contribution in [2.24, 2.45) is 5.92 Å². The lowest BCUT2D eigenvalue weighted by Crippen LogP contribution is -1.97. The van der Waals surface area contributed by atoms with Gasteiger partial charge in [0.05, 0.1) is 0 Å². The van der Waals surface area contributed by atoms with E-state index in [1.54, 1.807) is 0 Å². The first-order valence-electron chi connectivity index (χ1n) is 4.41. The SMILES string of the molecule is CCCC(CC)CCCBr. The van der Waals surface area contributed by atoms with Crippen molar-refractivity contribution < 1.29 is 0 Å². The molecule has 0 aromatic carbocycles. The first-order valence-corrected chi connectivity index (χ1v) is 5.53. The summed E-state index contributed by atoms with van der Waals surface area (Å²) >= 11 is 3.46. The van der Waals surface area contributed by atoms with Gasteiger partial charge in [-0.05, 0) is 18.8 Å². The van der Waals surface area contributed by atoms with Crippen LogP contribution in [-0.2, 0) is 0 Å². The van der Waals surface area contributed by atoms with Gasteiger partial charge in [0.1, 0.15) is 0 Å². The molecule has 0 N–H and O–H groups in total. The van der Waals surface area contributed by atoms with E-state index in [9.17, 15) is 0 Å². The van der Waals surface area contributed by atoms with Gasteiger partial charge in [0.15, 0.2) is 0 Å². The van der Waals surface area contributed by atoms with E-state index in [0.29, 0.717) is 0 Å². The van der Waals surface area contributed by atoms with E-state index < -0.39 is 0 Å². The van der Waals surface area contributed by atoms with Crippen molar-refractivity contribution in [2.45, 2.75) is 46.0 Å². The second-order valence-electron chi connectivity index (χ2n) is 2.89. The van der Waals surface area contributed by atoms with Crippen LogP contribution in [0, 0.1) is 5.92 Å². The normalized spacial score (nSPS) is 13.5. The molecule has 0 spiro atoms. The van der Waals surface area contributed by atoms with Crippen LogP contribution in [0.4, 0.5) is 0 Å². The molecule has 0 heterocycles. The van der Waals surface area contributed by atoms with Gasteiger partial charge in [0.25, 0.3) is 0 Å². The molecule has 0 radical (unpaired) electrons. The van der Waals surface area contributed by atoms with Gasteiger partial charge < -0.3 is 0 Å². The minimum absolute atomic E-state index is 0.988. The Morgan fingerprint density at radius 2 is 1.90 bits per heavy atom. The van der Waals surface area contributed by atoms with E-state index in [1.807, 2.05) is 0 Å². The molecule has 0 rings (SSSR count). The average molecular weight is 207 g/mol. The van der Waals surface area contributed by atoms with Crippen molar-refractivity contribution in [3.8, 4) is 0 Å². The van der Waals surface area contributed by atoms with E-state index in [1.165, 1.54) is 37.4 Å². The van der Waals surface area contributed by atoms with E-state index in [0.717, 1.165) is 5.92 Å². The van der Waals surface area contributed by atoms with Gasteiger partial charge in [-0.3, -0.25) is 0 Å². The Morgan fingerprint density at radius 1 is 1.20 bits per heavy atom. The minimum Gasteiger partial charge on any atom is -0.0928 e. The van der Waals surface area contributed by atoms with Gasteiger partial charge in [-0.1, -0.05) is 49.0 Å². The molecule has 1 heteroatoms. The minimum atomic E-state index is 0.988. The van der Waals surface area contributed by atoms with Gasteiger partial charge in [-0.2, -0.15) is 0 Å². The summed E-state index contributed by atoms with van der Waals surface area (Å²) in [6.07, 6.45) is 6.89. The largest absolute Gasteiger partial charge is 0.0928 e. The fourth-order valence-corrected chi connectivity index (χ4v) is 1.65. The summed E-state index contributed by atoms with van der Waals surface area (Å²) in [5, 5.41) is 1.17. The van der Waals surface area contributed by atoms with E-state index >= 15 is 0 Å². The van der Waals surface area contributed by atoms with Crippen LogP contribution >= 0.6 is 15.9 Å². The van der Waals surface area contributed by atoms with Crippen LogP contribution in [0.25, 0.3) is 0 Å². The Balaban J connectivity index is 3.21. The zero-order valence-electron chi connectivity index (χ0n) is 7.20. The lowest BCUT2D eigenvalue weighted by Gasteiger charge is -2.11. The topological polar surface area (TPSA) is 0 Å². The van der Waals surface area contributed by atoms with Crippen molar-refractivity contribution in [1.29, 1.82) is 0 Å². The molecule has 10 heavy (non-hydrogen) atoms. The Labute approximate surface area is 73.5 Å². The maximum absolute atomic E-state index is 3.46. The first-order chi connectivity index (χ1) is 4.85. The highest BCUT2D eigenvalue weighted by atomic mass is 79.9. The Morgan fingerprint density at radius 3 is 2.30 bits per heavy atom. The smallest absolute Gasteiger partial charge is 0.00314 e. The summed E-state index contributed by atoms with van der Waals surface area (Å²) in [5.74, 6) is 0.988. The fraction of sp³-hybridized carbons (Fsp3) is 1.00. The third kappa shape index (κ3) is 5.28. The molecule has 0 aliphatic heterocycles. The highest BCUT2D eigenvalue weighted by molar-refractivity contribution is 9.09. The monoisotopic (exact) mass is 206 g/mol. The highest BCUT2D eigenvalue weighted by Crippen LogP contribution is 2.17. The van der Waals surface area contributed by atoms with E-state index in [-0.39, 0.29) is 0 Å². The summed E-state index contributed by atoms with van der Waals surface area (Å²) in [5.41, 5.74) is 0. The number of halogens is 1. The second-order valence-corrected chi connectivity index (χ2v) is 3.69. The van der Waals surface area contributed by atoms with Crippen LogP contribution in [0.1, 0.15) is 46.0 Å². The summed E-state index contributed by atoms with van der Waals surface area (Å²) in [7, 11) is 0. The predicted octanol–water partition coefficient (Wildman–Crippen LogP) is 3.99. The Kier molecular flexibility index (Phi) is 7.95. The summed E-state index contributed by atoms with van der Waals surface area (Å²) < 4.78 is 0. The standard InChI is InChI=1S/C9H19Br/c1-3-6-9(4-2)7-5-8-10/h9H,3-8H2,1-2H3. The van der Waals surface area contributed by atoms with Gasteiger partial charge in [-0.15, -0.1) is 0 Å². The predicted molar refractivity (Wildman–Crippen MR) is 51.7 cm³/mol. The molecule has 0 saturated carbocycles. The summed E-state index contributed by atoms with van der Waals surface area (Å²) in [4.78, 5) is 0. The quantitative estimate of drug-likeness (QED) is 0.577. The third-order valence-corrected chi connectivity index (χ3v) is 2.58. The molecule has 0 bridgehead atoms. The molecule has 0 aliphatic rings. The van der Waals surface area contributed by atoms with Crippen LogP contribution in [-0.4, -0.2) is 5.33 Å². The van der Waals surface area contributed by atoms with Crippen molar-refractivity contribution in [2.75, 3.05) is 5.33 Å². The van der Waals surface area contributed by atoms with Crippen LogP contribution in [0.15, 0.2) is 0 Å². The molecule has 0 saturated heterocycles. The third-order valence-electron chi connectivity index (χ3n) is 2.02. The van der Waals surface area contributed by atoms with Gasteiger partial charge in [-0.25, -0.2) is 0 Å². The summed E-state index contributed by atoms with van der Waals surface area (Å²) in [6, 6.07) is 0. The molecule has 1 unspecified atom stereocenters. The second kappa shape index (κ2) is 7.59. The zero-order chi connectivity index (χ0) is 7.82. The molecule has 0 aromatic heterocycles. The van der Waals surface area contributed by atoms with Crippen LogP contribution in [0.2, 0.25) is 0 Å². The molecule has 0 aliphatic carbocycles. The van der Waals surface area contributed by atoms with Gasteiger partial charge >= 0.3 is 0 Å². The molecule has 0 nitrogen and oxygen atoms in total. The van der Waals surface area contributed by atoms with Crippen molar-refractivity contribution >= 4 is 15.9 Å². The molecular formula is C9H19Br. The van der Waals surface area contributed by atoms with Crippen molar-refractivity contribution in [3.05, 3.63) is 0 Å². The molecule has 0 amide bonds. The number of rotatable bonds is 6. The maximum Gasteiger partial charge on any atom is 0.00314 e. The van der Waals surface area contributed by atoms with Crippen molar-refractivity contribution in [3.63, 3.8) is 0 Å². The van der Waals surface area contributed by atoms with E-state index in [4.69, 9.17) is 0 Å². The summed E-state index contributed by atoms with van der Waals surface area (Å²) in [6.45, 7) is 4.57. The van der Waals surface area contributed by atoms with Crippen LogP contribution < -0.4 is 0 Å². The molecule has 0 aromatic rings. The average Bonchev–Trinajstić information content (AvgIpc) is 1.98. The van der Waals surface area contributed by atoms with Gasteiger partial charge in [0, 0.05) is 5.33 Å². The lowest BCUT2D eigenvalue weighted by molar-refractivity contribution is 0.429. The van der Waals surface area contributed by atoms with Crippen LogP contribution in [0.3, 0.4) is 0 Å². The van der Waals surface area contributed by atoms with Crippen molar-refractivity contribution in [1.82, 2.24) is 0 Å². The Hall–Kier alpha value is 0.480. The lowest BCUT2D eigenvalue weighted by atomic mass is 9.96. The number of hydrogen-bond donors (Lipinski definition) is 0. The highest BCUT2D eigenvalue weighted by Gasteiger charge is 2.02. The molecule has 1 atom stereocenters. The number of alkyl halides is 1. The fourth-order valence-electron chi connectivity index (χ4n) is 1.33. The van der Waals surface area contributed by atoms with Crippen LogP contribution in [0.5, 0.6) is 0 Å². The zero-order valence-corrected chi connectivity index (χ0v) is 8.78. The first kappa shape index (κ1) is 10.5. The maximum atomic E-state index is 3.46. The number of hydrogen-bond acceptors (Lipinski definition) is 0.